The van der Waals surface area contributed by atoms with Gasteiger partial charge in [0.1, 0.15) is 12.0 Å². The summed E-state index contributed by atoms with van der Waals surface area (Å²) in [5.41, 5.74) is 7.11. The first-order chi connectivity index (χ1) is 12.2. The molecule has 1 aromatic carbocycles. The van der Waals surface area contributed by atoms with Crippen LogP contribution in [0.5, 0.6) is 0 Å². The maximum absolute atomic E-state index is 12.3. The number of benzene rings is 1. The van der Waals surface area contributed by atoms with Crippen molar-refractivity contribution in [1.29, 1.82) is 0 Å². The Morgan fingerprint density at radius 1 is 1.27 bits per heavy atom. The molecule has 2 amide bonds. The lowest BCUT2D eigenvalue weighted by Gasteiger charge is -2.17. The van der Waals surface area contributed by atoms with Gasteiger partial charge >= 0.3 is 0 Å². The number of likely N-dealkylation sites (tertiary alicyclic amines) is 1. The van der Waals surface area contributed by atoms with Crippen LogP contribution in [0.15, 0.2) is 47.1 Å². The van der Waals surface area contributed by atoms with Gasteiger partial charge in [0.25, 0.3) is 5.91 Å². The molecule has 3 N–H and O–H groups in total. The van der Waals surface area contributed by atoms with Crippen LogP contribution in [-0.2, 0) is 17.8 Å². The van der Waals surface area contributed by atoms with Crippen LogP contribution in [0, 0.1) is 0 Å². The van der Waals surface area contributed by atoms with Gasteiger partial charge in [0.2, 0.25) is 5.91 Å². The molecule has 3 rings (SSSR count). The number of hydrogen-bond donors (Lipinski definition) is 2. The molecule has 0 spiro atoms. The molecule has 7 heteroatoms. The zero-order valence-electron chi connectivity index (χ0n) is 14.5. The SMILES string of the molecule is Cl.NCc1cc(C(=O)NC2CCN(C(=O)CCc3ccccc3)C2)co1. The number of halogens is 1. The second-order valence-electron chi connectivity index (χ2n) is 6.29. The van der Waals surface area contributed by atoms with Crippen LogP contribution in [0.25, 0.3) is 0 Å². The molecule has 2 aromatic rings. The number of amides is 2. The summed E-state index contributed by atoms with van der Waals surface area (Å²) >= 11 is 0. The Balaban J connectivity index is 0.00000243. The van der Waals surface area contributed by atoms with Gasteiger partial charge in [-0.05, 0) is 24.5 Å². The van der Waals surface area contributed by atoms with Gasteiger partial charge < -0.3 is 20.4 Å². The van der Waals surface area contributed by atoms with Crippen molar-refractivity contribution in [3.63, 3.8) is 0 Å². The minimum atomic E-state index is -0.188. The molecule has 1 unspecified atom stereocenters. The third-order valence-corrected chi connectivity index (χ3v) is 4.46. The summed E-state index contributed by atoms with van der Waals surface area (Å²) in [6.07, 6.45) is 3.41. The maximum Gasteiger partial charge on any atom is 0.254 e. The van der Waals surface area contributed by atoms with E-state index in [1.807, 2.05) is 35.2 Å². The molecule has 0 bridgehead atoms. The Hall–Kier alpha value is -2.31. The van der Waals surface area contributed by atoms with Crippen LogP contribution in [0.4, 0.5) is 0 Å². The first-order valence-electron chi connectivity index (χ1n) is 8.55. The first kappa shape index (κ1) is 20.0. The summed E-state index contributed by atoms with van der Waals surface area (Å²) in [5.74, 6) is 0.524. The highest BCUT2D eigenvalue weighted by molar-refractivity contribution is 5.94. The van der Waals surface area contributed by atoms with E-state index < -0.39 is 0 Å². The van der Waals surface area contributed by atoms with E-state index in [2.05, 4.69) is 5.32 Å². The molecule has 0 saturated carbocycles. The van der Waals surface area contributed by atoms with Gasteiger partial charge in [0.05, 0.1) is 12.1 Å². The van der Waals surface area contributed by atoms with Crippen molar-refractivity contribution in [2.24, 2.45) is 5.73 Å². The average molecular weight is 378 g/mol. The summed E-state index contributed by atoms with van der Waals surface area (Å²) in [6.45, 7) is 1.50. The van der Waals surface area contributed by atoms with E-state index in [4.69, 9.17) is 10.2 Å². The molecule has 2 heterocycles. The molecule has 1 aliphatic rings. The number of furan rings is 1. The number of nitrogens with zero attached hydrogens (tertiary/aromatic N) is 1. The van der Waals surface area contributed by atoms with E-state index in [0.29, 0.717) is 30.8 Å². The number of nitrogens with two attached hydrogens (primary N) is 1. The van der Waals surface area contributed by atoms with Crippen LogP contribution in [0.1, 0.15) is 34.5 Å². The van der Waals surface area contributed by atoms with Crippen molar-refractivity contribution < 1.29 is 14.0 Å². The average Bonchev–Trinajstić information content (AvgIpc) is 3.30. The summed E-state index contributed by atoms with van der Waals surface area (Å²) in [4.78, 5) is 26.4. The molecule has 1 atom stereocenters. The number of carbonyl (C=O) groups excluding carboxylic acids is 2. The zero-order chi connectivity index (χ0) is 17.6. The van der Waals surface area contributed by atoms with Gasteiger partial charge in [-0.3, -0.25) is 9.59 Å². The van der Waals surface area contributed by atoms with Crippen molar-refractivity contribution in [3.05, 3.63) is 59.5 Å². The summed E-state index contributed by atoms with van der Waals surface area (Å²) in [5, 5.41) is 2.96. The lowest BCUT2D eigenvalue weighted by molar-refractivity contribution is -0.130. The van der Waals surface area contributed by atoms with Crippen LogP contribution in [-0.4, -0.2) is 35.8 Å². The summed E-state index contributed by atoms with van der Waals surface area (Å²) in [6, 6.07) is 11.6. The molecular formula is C19H24ClN3O3. The van der Waals surface area contributed by atoms with Crippen molar-refractivity contribution in [3.8, 4) is 0 Å². The Labute approximate surface area is 159 Å². The number of hydrogen-bond acceptors (Lipinski definition) is 4. The van der Waals surface area contributed by atoms with Crippen molar-refractivity contribution in [2.75, 3.05) is 13.1 Å². The highest BCUT2D eigenvalue weighted by Crippen LogP contribution is 2.14. The number of rotatable bonds is 6. The summed E-state index contributed by atoms with van der Waals surface area (Å²) in [7, 11) is 0. The molecule has 1 aromatic heterocycles. The van der Waals surface area contributed by atoms with Gasteiger partial charge in [-0.15, -0.1) is 12.4 Å². The second kappa shape index (κ2) is 9.40. The smallest absolute Gasteiger partial charge is 0.254 e. The number of carbonyl (C=O) groups is 2. The Kier molecular flexibility index (Phi) is 7.24. The van der Waals surface area contributed by atoms with E-state index in [1.54, 1.807) is 6.07 Å². The third kappa shape index (κ3) is 5.09. The standard InChI is InChI=1S/C19H23N3O3.ClH/c20-11-17-10-15(13-25-17)19(24)21-16-8-9-22(12-16)18(23)7-6-14-4-2-1-3-5-14;/h1-5,10,13,16H,6-9,11-12,20H2,(H,21,24);1H. The van der Waals surface area contributed by atoms with E-state index >= 15 is 0 Å². The van der Waals surface area contributed by atoms with Crippen LogP contribution in [0.3, 0.4) is 0 Å². The third-order valence-electron chi connectivity index (χ3n) is 4.46. The van der Waals surface area contributed by atoms with Crippen molar-refractivity contribution >= 4 is 24.2 Å². The quantitative estimate of drug-likeness (QED) is 0.807. The zero-order valence-corrected chi connectivity index (χ0v) is 15.3. The highest BCUT2D eigenvalue weighted by Gasteiger charge is 2.27. The normalized spacial score (nSPS) is 16.2. The molecule has 1 aliphatic heterocycles. The Morgan fingerprint density at radius 3 is 2.73 bits per heavy atom. The summed E-state index contributed by atoms with van der Waals surface area (Å²) < 4.78 is 5.18. The minimum absolute atomic E-state index is 0. The monoisotopic (exact) mass is 377 g/mol. The fourth-order valence-electron chi connectivity index (χ4n) is 3.03. The fraction of sp³-hybridized carbons (Fsp3) is 0.368. The number of nitrogens with one attached hydrogen (secondary N) is 1. The molecule has 26 heavy (non-hydrogen) atoms. The molecule has 1 saturated heterocycles. The molecule has 0 aliphatic carbocycles. The number of aryl methyl sites for hydroxylation is 1. The van der Waals surface area contributed by atoms with Crippen LogP contribution < -0.4 is 11.1 Å². The first-order valence-corrected chi connectivity index (χ1v) is 8.55. The van der Waals surface area contributed by atoms with E-state index in [1.165, 1.54) is 6.26 Å². The Morgan fingerprint density at radius 2 is 2.04 bits per heavy atom. The second-order valence-corrected chi connectivity index (χ2v) is 6.29. The lowest BCUT2D eigenvalue weighted by Crippen LogP contribution is -2.38. The molecular weight excluding hydrogens is 354 g/mol. The predicted molar refractivity (Wildman–Crippen MR) is 101 cm³/mol. The van der Waals surface area contributed by atoms with E-state index in [9.17, 15) is 9.59 Å². The van der Waals surface area contributed by atoms with Gasteiger partial charge in [0, 0.05) is 25.6 Å². The molecule has 140 valence electrons. The molecule has 1 fully saturated rings. The topological polar surface area (TPSA) is 88.6 Å². The van der Waals surface area contributed by atoms with E-state index in [0.717, 1.165) is 18.4 Å². The minimum Gasteiger partial charge on any atom is -0.467 e. The van der Waals surface area contributed by atoms with Gasteiger partial charge in [-0.25, -0.2) is 0 Å². The molecule has 0 radical (unpaired) electrons. The van der Waals surface area contributed by atoms with Crippen LogP contribution >= 0.6 is 12.4 Å². The fourth-order valence-corrected chi connectivity index (χ4v) is 3.03. The largest absolute Gasteiger partial charge is 0.467 e. The van der Waals surface area contributed by atoms with Gasteiger partial charge in [0.15, 0.2) is 0 Å². The van der Waals surface area contributed by atoms with Gasteiger partial charge in [-0.1, -0.05) is 30.3 Å². The maximum atomic E-state index is 12.3. The van der Waals surface area contributed by atoms with Gasteiger partial charge in [-0.2, -0.15) is 0 Å². The predicted octanol–water partition coefficient (Wildman–Crippen LogP) is 2.12. The molecule has 6 nitrogen and oxygen atoms in total. The Bertz CT molecular complexity index is 733. The highest BCUT2D eigenvalue weighted by atomic mass is 35.5. The van der Waals surface area contributed by atoms with E-state index in [-0.39, 0.29) is 36.8 Å². The van der Waals surface area contributed by atoms with Crippen molar-refractivity contribution in [2.45, 2.75) is 31.8 Å². The van der Waals surface area contributed by atoms with Crippen molar-refractivity contribution in [1.82, 2.24) is 10.2 Å². The lowest BCUT2D eigenvalue weighted by atomic mass is 10.1. The van der Waals surface area contributed by atoms with Crippen LogP contribution in [0.2, 0.25) is 0 Å².